The van der Waals surface area contributed by atoms with Crippen molar-refractivity contribution < 1.29 is 6.22 Å². The number of hydrogen-bond donors (Lipinski definition) is 1. The normalized spacial score (nSPS) is 11.9. The fourth-order valence-corrected chi connectivity index (χ4v) is 1.51. The lowest BCUT2D eigenvalue weighted by Gasteiger charge is -2.07. The van der Waals surface area contributed by atoms with E-state index in [1.165, 1.54) is 0 Å². The Morgan fingerprint density at radius 2 is 1.68 bits per heavy atom. The Morgan fingerprint density at radius 3 is 2.21 bits per heavy atom. The second kappa shape index (κ2) is 10.8. The monoisotopic (exact) mass is 257 g/mol. The van der Waals surface area contributed by atoms with E-state index in [4.69, 9.17) is 0 Å². The highest BCUT2D eigenvalue weighted by Crippen LogP contribution is 2.12. The maximum Gasteiger partial charge on any atom is 0.255 e. The molecule has 0 aromatic heterocycles. The number of benzene rings is 1. The van der Waals surface area contributed by atoms with Gasteiger partial charge >= 0.3 is 0 Å². The molecule has 1 aliphatic rings. The summed E-state index contributed by atoms with van der Waals surface area (Å²) in [6.45, 7) is 12.0. The summed E-state index contributed by atoms with van der Waals surface area (Å²) in [5.41, 5.74) is 1.59. The second-order valence-electron chi connectivity index (χ2n) is 3.46. The van der Waals surface area contributed by atoms with Gasteiger partial charge in [0.15, 0.2) is 0 Å². The molecule has 0 spiro atoms. The van der Waals surface area contributed by atoms with Crippen molar-refractivity contribution in [3.63, 3.8) is 0 Å². The van der Waals surface area contributed by atoms with Crippen molar-refractivity contribution in [1.82, 2.24) is 0 Å². The summed E-state index contributed by atoms with van der Waals surface area (Å²) >= 11 is 0. The van der Waals surface area contributed by atoms with E-state index in [-0.39, 0.29) is 7.33 Å². The van der Waals surface area contributed by atoms with Crippen LogP contribution in [0.15, 0.2) is 80.4 Å². The highest BCUT2D eigenvalue weighted by Gasteiger charge is 2.07. The van der Waals surface area contributed by atoms with Gasteiger partial charge in [0.1, 0.15) is 0 Å². The van der Waals surface area contributed by atoms with Crippen LogP contribution in [0.3, 0.4) is 0 Å². The largest absolute Gasteiger partial charge is 0.322 e. The molecule has 0 bridgehead atoms. The second-order valence-corrected chi connectivity index (χ2v) is 3.46. The van der Waals surface area contributed by atoms with Gasteiger partial charge in [0.05, 0.1) is 0 Å². The molecule has 0 atom stereocenters. The number of para-hydroxylation sites is 1. The van der Waals surface area contributed by atoms with Gasteiger partial charge in [-0.25, -0.2) is 0 Å². The van der Waals surface area contributed by atoms with Gasteiger partial charge in [-0.3, -0.25) is 4.79 Å². The zero-order valence-corrected chi connectivity index (χ0v) is 11.3. The number of nitrogens with one attached hydrogen (secondary N) is 1. The van der Waals surface area contributed by atoms with E-state index in [2.05, 4.69) is 31.6 Å². The molecule has 1 aromatic rings. The Hall–Kier alpha value is -2.35. The molecule has 102 valence electrons. The third-order valence-corrected chi connectivity index (χ3v) is 2.29. The zero-order chi connectivity index (χ0) is 14.5. The average Bonchev–Trinajstić information content (AvgIpc) is 2.53. The molecule has 0 heterocycles. The average molecular weight is 257 g/mol. The van der Waals surface area contributed by atoms with E-state index in [1.807, 2.05) is 48.6 Å². The Morgan fingerprint density at radius 1 is 1.05 bits per heavy atom. The molecule has 0 unspecified atom stereocenters. The SMILES string of the molecule is C=C.C=C.O=C(Nc1ccccc1)C1=CCCC=C1.[HH]. The third kappa shape index (κ3) is 6.22. The summed E-state index contributed by atoms with van der Waals surface area (Å²) in [4.78, 5) is 11.7. The Bertz CT molecular complexity index is 436. The van der Waals surface area contributed by atoms with Crippen molar-refractivity contribution in [2.75, 3.05) is 5.32 Å². The van der Waals surface area contributed by atoms with E-state index in [0.29, 0.717) is 0 Å². The minimum Gasteiger partial charge on any atom is -0.322 e. The summed E-state index contributed by atoms with van der Waals surface area (Å²) in [6, 6.07) is 9.49. The lowest BCUT2D eigenvalue weighted by molar-refractivity contribution is -0.112. The van der Waals surface area contributed by atoms with E-state index in [0.717, 1.165) is 24.1 Å². The molecule has 0 aliphatic heterocycles. The first-order chi connectivity index (χ1) is 9.36. The lowest BCUT2D eigenvalue weighted by atomic mass is 10.1. The minimum atomic E-state index is -0.0304. The molecular formula is C17H23NO. The molecule has 1 amide bonds. The first-order valence-corrected chi connectivity index (χ1v) is 6.09. The maximum atomic E-state index is 11.7. The Labute approximate surface area is 117 Å². The first-order valence-electron chi connectivity index (χ1n) is 6.09. The summed E-state index contributed by atoms with van der Waals surface area (Å²) in [5.74, 6) is -0.0304. The molecule has 2 rings (SSSR count). The molecule has 0 saturated heterocycles. The molecule has 1 aliphatic carbocycles. The molecule has 0 fully saturated rings. The van der Waals surface area contributed by atoms with Crippen LogP contribution in [-0.4, -0.2) is 5.91 Å². The summed E-state index contributed by atoms with van der Waals surface area (Å²) < 4.78 is 0. The van der Waals surface area contributed by atoms with Crippen LogP contribution < -0.4 is 5.32 Å². The fourth-order valence-electron chi connectivity index (χ4n) is 1.51. The Balaban J connectivity index is 0. The molecular weight excluding hydrogens is 234 g/mol. The number of allylic oxidation sites excluding steroid dienone is 2. The van der Waals surface area contributed by atoms with Crippen LogP contribution in [-0.2, 0) is 4.79 Å². The predicted octanol–water partition coefficient (Wildman–Crippen LogP) is 4.75. The van der Waals surface area contributed by atoms with Gasteiger partial charge in [-0.15, -0.1) is 26.3 Å². The van der Waals surface area contributed by atoms with Gasteiger partial charge in [0, 0.05) is 12.7 Å². The van der Waals surface area contributed by atoms with Gasteiger partial charge in [0.25, 0.3) is 5.91 Å². The highest BCUT2D eigenvalue weighted by atomic mass is 16.1. The van der Waals surface area contributed by atoms with Gasteiger partial charge in [-0.1, -0.05) is 36.4 Å². The van der Waals surface area contributed by atoms with E-state index in [1.54, 1.807) is 0 Å². The van der Waals surface area contributed by atoms with Crippen LogP contribution in [0.25, 0.3) is 0 Å². The quantitative estimate of drug-likeness (QED) is 0.761. The van der Waals surface area contributed by atoms with Crippen LogP contribution >= 0.6 is 0 Å². The zero-order valence-electron chi connectivity index (χ0n) is 11.3. The lowest BCUT2D eigenvalue weighted by Crippen LogP contribution is -2.13. The molecule has 1 aromatic carbocycles. The highest BCUT2D eigenvalue weighted by molar-refractivity contribution is 6.05. The molecule has 19 heavy (non-hydrogen) atoms. The van der Waals surface area contributed by atoms with Crippen molar-refractivity contribution in [3.8, 4) is 0 Å². The predicted molar refractivity (Wildman–Crippen MR) is 86.2 cm³/mol. The van der Waals surface area contributed by atoms with E-state index in [9.17, 15) is 4.79 Å². The summed E-state index contributed by atoms with van der Waals surface area (Å²) in [5, 5.41) is 2.85. The molecule has 0 radical (unpaired) electrons. The van der Waals surface area contributed by atoms with Gasteiger partial charge < -0.3 is 5.32 Å². The molecule has 0 saturated carbocycles. The smallest absolute Gasteiger partial charge is 0.255 e. The molecule has 2 heteroatoms. The number of carbonyl (C=O) groups is 1. The maximum absolute atomic E-state index is 11.7. The number of rotatable bonds is 2. The Kier molecular flexibility index (Phi) is 9.45. The fraction of sp³-hybridized carbons (Fsp3) is 0.118. The van der Waals surface area contributed by atoms with Crippen molar-refractivity contribution >= 4 is 11.6 Å². The summed E-state index contributed by atoms with van der Waals surface area (Å²) in [7, 11) is 0. The van der Waals surface area contributed by atoms with Crippen molar-refractivity contribution in [2.45, 2.75) is 12.8 Å². The van der Waals surface area contributed by atoms with Crippen LogP contribution in [0.1, 0.15) is 14.3 Å². The van der Waals surface area contributed by atoms with Gasteiger partial charge in [-0.05, 0) is 25.0 Å². The number of anilines is 1. The van der Waals surface area contributed by atoms with E-state index >= 15 is 0 Å². The van der Waals surface area contributed by atoms with Crippen LogP contribution in [0.5, 0.6) is 0 Å². The first kappa shape index (κ1) is 16.7. The van der Waals surface area contributed by atoms with Crippen molar-refractivity contribution in [1.29, 1.82) is 0 Å². The molecule has 1 N–H and O–H groups in total. The van der Waals surface area contributed by atoms with Crippen LogP contribution in [0, 0.1) is 0 Å². The van der Waals surface area contributed by atoms with Gasteiger partial charge in [0.2, 0.25) is 0 Å². The van der Waals surface area contributed by atoms with Crippen LogP contribution in [0.2, 0.25) is 0 Å². The van der Waals surface area contributed by atoms with Crippen molar-refractivity contribution in [2.24, 2.45) is 0 Å². The standard InChI is InChI=1S/C13H13NO.2C2H4.H2/c15-13(11-7-3-1-4-8-11)14-12-9-5-2-6-10-12;2*1-2;/h2-3,5-10H,1,4H2,(H,14,15);2*1-2H2;1H. The van der Waals surface area contributed by atoms with Crippen molar-refractivity contribution in [3.05, 3.63) is 80.4 Å². The van der Waals surface area contributed by atoms with Gasteiger partial charge in [-0.2, -0.15) is 0 Å². The van der Waals surface area contributed by atoms with E-state index < -0.39 is 0 Å². The minimum absolute atomic E-state index is 0. The number of carbonyl (C=O) groups excluding carboxylic acids is 1. The topological polar surface area (TPSA) is 29.1 Å². The number of amides is 1. The summed E-state index contributed by atoms with van der Waals surface area (Å²) in [6.07, 6.45) is 7.86. The molecule has 2 nitrogen and oxygen atoms in total. The number of hydrogen-bond acceptors (Lipinski definition) is 1. The van der Waals surface area contributed by atoms with Crippen LogP contribution in [0.4, 0.5) is 5.69 Å². The third-order valence-electron chi connectivity index (χ3n) is 2.29.